The minimum absolute atomic E-state index is 0.0203. The zero-order valence-corrected chi connectivity index (χ0v) is 8.79. The molecule has 1 rings (SSSR count). The third-order valence-electron chi connectivity index (χ3n) is 2.32. The Hall–Kier alpha value is -0.610. The summed E-state index contributed by atoms with van der Waals surface area (Å²) in [7, 11) is 0. The van der Waals surface area contributed by atoms with E-state index < -0.39 is 0 Å². The number of amides is 1. The first kappa shape index (κ1) is 11.5. The maximum absolute atomic E-state index is 10.9. The van der Waals surface area contributed by atoms with Crippen LogP contribution in [0.5, 0.6) is 0 Å². The molecule has 14 heavy (non-hydrogen) atoms. The summed E-state index contributed by atoms with van der Waals surface area (Å²) in [5.41, 5.74) is 0. The highest BCUT2D eigenvalue weighted by atomic mass is 16.5. The predicted molar refractivity (Wildman–Crippen MR) is 54.9 cm³/mol. The lowest BCUT2D eigenvalue weighted by atomic mass is 10.3. The average molecular weight is 199 g/mol. The number of ether oxygens (including phenoxy) is 1. The van der Waals surface area contributed by atoms with Crippen LogP contribution in [0.4, 0.5) is 0 Å². The van der Waals surface area contributed by atoms with E-state index in [1.54, 1.807) is 13.3 Å². The molecule has 4 nitrogen and oxygen atoms in total. The van der Waals surface area contributed by atoms with Gasteiger partial charge in [0.1, 0.15) is 0 Å². The average Bonchev–Trinajstić information content (AvgIpc) is 2.25. The molecule has 81 valence electrons. The molecule has 1 fully saturated rings. The lowest BCUT2D eigenvalue weighted by Gasteiger charge is -2.26. The van der Waals surface area contributed by atoms with Gasteiger partial charge in [0.25, 0.3) is 0 Å². The van der Waals surface area contributed by atoms with E-state index in [-0.39, 0.29) is 5.91 Å². The molecule has 0 aromatic rings. The molecule has 1 aliphatic rings. The van der Waals surface area contributed by atoms with E-state index >= 15 is 0 Å². The fraction of sp³-hybridized carbons (Fsp3) is 0.800. The predicted octanol–water partition coefficient (Wildman–Crippen LogP) is 0.0491. The molecule has 0 saturated carbocycles. The van der Waals surface area contributed by atoms with Gasteiger partial charge in [-0.15, -0.1) is 0 Å². The highest BCUT2D eigenvalue weighted by Crippen LogP contribution is 1.97. The molecule has 0 atom stereocenters. The number of rotatable bonds is 5. The summed E-state index contributed by atoms with van der Waals surface area (Å²) in [5.74, 6) is 0.0203. The SMILES string of the molecule is C[CH]C(=O)NCCCN1CCOCC1. The quantitative estimate of drug-likeness (QED) is 0.636. The molecule has 1 radical (unpaired) electrons. The van der Waals surface area contributed by atoms with E-state index in [1.807, 2.05) is 0 Å². The van der Waals surface area contributed by atoms with Crippen LogP contribution in [0.15, 0.2) is 0 Å². The van der Waals surface area contributed by atoms with Crippen LogP contribution >= 0.6 is 0 Å². The summed E-state index contributed by atoms with van der Waals surface area (Å²) >= 11 is 0. The van der Waals surface area contributed by atoms with E-state index in [0.717, 1.165) is 45.8 Å². The second-order valence-electron chi connectivity index (χ2n) is 3.39. The zero-order chi connectivity index (χ0) is 10.2. The Bertz CT molecular complexity index is 168. The van der Waals surface area contributed by atoms with Crippen LogP contribution in [0.25, 0.3) is 0 Å². The summed E-state index contributed by atoms with van der Waals surface area (Å²) in [5, 5.41) is 2.82. The van der Waals surface area contributed by atoms with Crippen molar-refractivity contribution in [2.45, 2.75) is 13.3 Å². The first-order chi connectivity index (χ1) is 6.83. The van der Waals surface area contributed by atoms with Crippen molar-refractivity contribution in [3.8, 4) is 0 Å². The maximum atomic E-state index is 10.9. The van der Waals surface area contributed by atoms with Gasteiger partial charge in [-0.3, -0.25) is 9.69 Å². The molecule has 0 spiro atoms. The second-order valence-corrected chi connectivity index (χ2v) is 3.39. The molecule has 1 saturated heterocycles. The van der Waals surface area contributed by atoms with Gasteiger partial charge in [-0.25, -0.2) is 0 Å². The Morgan fingerprint density at radius 3 is 2.86 bits per heavy atom. The van der Waals surface area contributed by atoms with Crippen LogP contribution in [0.1, 0.15) is 13.3 Å². The van der Waals surface area contributed by atoms with Crippen molar-refractivity contribution in [3.05, 3.63) is 6.42 Å². The lowest BCUT2D eigenvalue weighted by Crippen LogP contribution is -2.38. The summed E-state index contributed by atoms with van der Waals surface area (Å²) in [6.07, 6.45) is 2.56. The maximum Gasteiger partial charge on any atom is 0.223 e. The molecule has 0 aliphatic carbocycles. The largest absolute Gasteiger partial charge is 0.379 e. The molecule has 1 heterocycles. The van der Waals surface area contributed by atoms with Crippen molar-refractivity contribution in [2.24, 2.45) is 0 Å². The van der Waals surface area contributed by atoms with E-state index in [4.69, 9.17) is 4.74 Å². The van der Waals surface area contributed by atoms with Gasteiger partial charge in [-0.1, -0.05) is 6.92 Å². The van der Waals surface area contributed by atoms with Gasteiger partial charge in [0.15, 0.2) is 0 Å². The number of morpholine rings is 1. The van der Waals surface area contributed by atoms with Crippen LogP contribution in [-0.4, -0.2) is 50.2 Å². The molecule has 0 aromatic carbocycles. The summed E-state index contributed by atoms with van der Waals surface area (Å²) in [6, 6.07) is 0. The van der Waals surface area contributed by atoms with Crippen LogP contribution in [0.3, 0.4) is 0 Å². The summed E-state index contributed by atoms with van der Waals surface area (Å²) in [6.45, 7) is 7.29. The number of carbonyl (C=O) groups is 1. The molecular formula is C10H19N2O2. The number of hydrogen-bond donors (Lipinski definition) is 1. The Labute approximate surface area is 85.6 Å². The fourth-order valence-corrected chi connectivity index (χ4v) is 1.44. The summed E-state index contributed by atoms with van der Waals surface area (Å²) in [4.78, 5) is 13.2. The van der Waals surface area contributed by atoms with E-state index in [0.29, 0.717) is 0 Å². The number of nitrogens with zero attached hydrogens (tertiary/aromatic N) is 1. The Morgan fingerprint density at radius 2 is 2.21 bits per heavy atom. The fourth-order valence-electron chi connectivity index (χ4n) is 1.44. The molecule has 0 bridgehead atoms. The van der Waals surface area contributed by atoms with Gasteiger partial charge in [0.2, 0.25) is 5.91 Å². The second kappa shape index (κ2) is 6.79. The van der Waals surface area contributed by atoms with Crippen molar-refractivity contribution in [1.82, 2.24) is 10.2 Å². The van der Waals surface area contributed by atoms with Gasteiger partial charge < -0.3 is 10.1 Å². The van der Waals surface area contributed by atoms with Crippen molar-refractivity contribution in [2.75, 3.05) is 39.4 Å². The normalized spacial score (nSPS) is 18.1. The first-order valence-corrected chi connectivity index (χ1v) is 5.20. The van der Waals surface area contributed by atoms with Gasteiger partial charge in [-0.05, 0) is 13.0 Å². The number of carbonyl (C=O) groups excluding carboxylic acids is 1. The Kier molecular flexibility index (Phi) is 5.56. The third kappa shape index (κ3) is 4.58. The minimum Gasteiger partial charge on any atom is -0.379 e. The molecule has 1 N–H and O–H groups in total. The monoisotopic (exact) mass is 199 g/mol. The zero-order valence-electron chi connectivity index (χ0n) is 8.79. The van der Waals surface area contributed by atoms with E-state index in [2.05, 4.69) is 10.2 Å². The molecule has 0 aromatic heterocycles. The first-order valence-electron chi connectivity index (χ1n) is 5.20. The molecule has 4 heteroatoms. The van der Waals surface area contributed by atoms with Crippen molar-refractivity contribution < 1.29 is 9.53 Å². The highest BCUT2D eigenvalue weighted by molar-refractivity contribution is 5.83. The smallest absolute Gasteiger partial charge is 0.223 e. The minimum atomic E-state index is 0.0203. The van der Waals surface area contributed by atoms with E-state index in [1.165, 1.54) is 0 Å². The third-order valence-corrected chi connectivity index (χ3v) is 2.32. The van der Waals surface area contributed by atoms with Gasteiger partial charge >= 0.3 is 0 Å². The van der Waals surface area contributed by atoms with Crippen molar-refractivity contribution >= 4 is 5.91 Å². The lowest BCUT2D eigenvalue weighted by molar-refractivity contribution is -0.117. The van der Waals surface area contributed by atoms with Crippen LogP contribution < -0.4 is 5.32 Å². The topological polar surface area (TPSA) is 41.6 Å². The highest BCUT2D eigenvalue weighted by Gasteiger charge is 2.09. The van der Waals surface area contributed by atoms with Crippen molar-refractivity contribution in [3.63, 3.8) is 0 Å². The molecule has 1 amide bonds. The molecular weight excluding hydrogens is 180 g/mol. The van der Waals surface area contributed by atoms with Crippen LogP contribution in [0.2, 0.25) is 0 Å². The van der Waals surface area contributed by atoms with Crippen LogP contribution in [0, 0.1) is 6.42 Å². The van der Waals surface area contributed by atoms with E-state index in [9.17, 15) is 4.79 Å². The van der Waals surface area contributed by atoms with Crippen LogP contribution in [-0.2, 0) is 9.53 Å². The Balaban J connectivity index is 1.94. The summed E-state index contributed by atoms with van der Waals surface area (Å²) < 4.78 is 5.25. The van der Waals surface area contributed by atoms with Crippen molar-refractivity contribution in [1.29, 1.82) is 0 Å². The molecule has 1 aliphatic heterocycles. The van der Waals surface area contributed by atoms with Gasteiger partial charge in [0.05, 0.1) is 13.2 Å². The number of hydrogen-bond acceptors (Lipinski definition) is 3. The Morgan fingerprint density at radius 1 is 1.50 bits per heavy atom. The van der Waals surface area contributed by atoms with Gasteiger partial charge in [0, 0.05) is 26.1 Å². The van der Waals surface area contributed by atoms with Gasteiger partial charge in [-0.2, -0.15) is 0 Å². The molecule has 0 unspecified atom stereocenters. The standard InChI is InChI=1S/C10H19N2O2/c1-2-10(13)11-4-3-5-12-6-8-14-9-7-12/h2H,3-9H2,1H3,(H,11,13). The number of nitrogens with one attached hydrogen (secondary N) is 1.